The fourth-order valence-corrected chi connectivity index (χ4v) is 3.58. The number of rotatable bonds is 1. The molecule has 1 heterocycles. The van der Waals surface area contributed by atoms with Crippen molar-refractivity contribution in [1.82, 2.24) is 5.09 Å². The second-order valence-corrected chi connectivity index (χ2v) is 5.68. The highest BCUT2D eigenvalue weighted by Gasteiger charge is 2.28. The number of para-hydroxylation sites is 1. The minimum Gasteiger partial charge on any atom is -0.448 e. The fraction of sp³-hybridized carbons (Fsp3) is 0. The van der Waals surface area contributed by atoms with Crippen LogP contribution < -0.4 is 20.6 Å². The predicted octanol–water partition coefficient (Wildman–Crippen LogP) is 1.28. The SMILES string of the molecule is NC(=O)C(=O)NP1Oc2ccccc2-c2ccccc21. The summed E-state index contributed by atoms with van der Waals surface area (Å²) in [6, 6.07) is 15.2. The second kappa shape index (κ2) is 4.94. The van der Waals surface area contributed by atoms with Crippen LogP contribution in [0.1, 0.15) is 0 Å². The third kappa shape index (κ3) is 2.12. The Bertz CT molecular complexity index is 702. The van der Waals surface area contributed by atoms with Gasteiger partial charge in [-0.25, -0.2) is 0 Å². The van der Waals surface area contributed by atoms with E-state index in [0.717, 1.165) is 16.4 Å². The molecule has 0 radical (unpaired) electrons. The van der Waals surface area contributed by atoms with Crippen molar-refractivity contribution >= 4 is 25.4 Å². The van der Waals surface area contributed by atoms with Crippen molar-refractivity contribution in [2.24, 2.45) is 5.73 Å². The first-order valence-corrected chi connectivity index (χ1v) is 7.20. The van der Waals surface area contributed by atoms with Gasteiger partial charge in [0.1, 0.15) is 5.75 Å². The molecule has 2 aromatic carbocycles. The van der Waals surface area contributed by atoms with Crippen LogP contribution in [0.25, 0.3) is 11.1 Å². The van der Waals surface area contributed by atoms with Gasteiger partial charge in [-0.3, -0.25) is 14.7 Å². The number of nitrogens with two attached hydrogens (primary N) is 1. The third-order valence-corrected chi connectivity index (χ3v) is 4.53. The Hall–Kier alpha value is -2.39. The molecule has 0 saturated heterocycles. The number of benzene rings is 2. The van der Waals surface area contributed by atoms with Gasteiger partial charge in [-0.1, -0.05) is 36.4 Å². The molecule has 2 amide bonds. The number of hydrogen-bond acceptors (Lipinski definition) is 3. The molecule has 1 atom stereocenters. The molecule has 3 rings (SSSR count). The van der Waals surface area contributed by atoms with Crippen molar-refractivity contribution in [2.75, 3.05) is 0 Å². The van der Waals surface area contributed by atoms with Gasteiger partial charge in [-0.15, -0.1) is 0 Å². The van der Waals surface area contributed by atoms with Gasteiger partial charge in [0.2, 0.25) is 8.30 Å². The molecule has 2 aromatic rings. The molecule has 0 aromatic heterocycles. The van der Waals surface area contributed by atoms with Crippen molar-refractivity contribution in [3.05, 3.63) is 48.5 Å². The smallest absolute Gasteiger partial charge is 0.314 e. The van der Waals surface area contributed by atoms with Crippen LogP contribution in [0.15, 0.2) is 48.5 Å². The van der Waals surface area contributed by atoms with Crippen LogP contribution in [0.3, 0.4) is 0 Å². The molecular weight excluding hydrogens is 275 g/mol. The van der Waals surface area contributed by atoms with Crippen molar-refractivity contribution in [2.45, 2.75) is 0 Å². The number of carbonyl (C=O) groups excluding carboxylic acids is 2. The molecule has 1 aliphatic rings. The number of carbonyl (C=O) groups is 2. The normalized spacial score (nSPS) is 15.5. The van der Waals surface area contributed by atoms with Crippen LogP contribution in [0.4, 0.5) is 0 Å². The van der Waals surface area contributed by atoms with Crippen molar-refractivity contribution in [3.8, 4) is 16.9 Å². The summed E-state index contributed by atoms with van der Waals surface area (Å²) < 4.78 is 5.80. The zero-order chi connectivity index (χ0) is 14.1. The zero-order valence-electron chi connectivity index (χ0n) is 10.4. The van der Waals surface area contributed by atoms with E-state index in [1.54, 1.807) is 0 Å². The molecule has 5 nitrogen and oxygen atoms in total. The third-order valence-electron chi connectivity index (χ3n) is 2.92. The lowest BCUT2D eigenvalue weighted by atomic mass is 10.0. The standard InChI is InChI=1S/C14H11N2O3P/c15-13(17)14(18)16-20-12-8-4-2-6-10(12)9-5-1-3-7-11(9)19-20/h1-8H,(H2,15,17)(H,16,18). The highest BCUT2D eigenvalue weighted by atomic mass is 31.2. The first-order chi connectivity index (χ1) is 9.66. The summed E-state index contributed by atoms with van der Waals surface area (Å²) in [7, 11) is -1.45. The molecule has 20 heavy (non-hydrogen) atoms. The summed E-state index contributed by atoms with van der Waals surface area (Å²) in [5, 5.41) is 3.40. The van der Waals surface area contributed by atoms with E-state index in [1.807, 2.05) is 48.5 Å². The Kier molecular flexibility index (Phi) is 3.12. The zero-order valence-corrected chi connectivity index (χ0v) is 11.3. The molecule has 3 N–H and O–H groups in total. The average molecular weight is 286 g/mol. The predicted molar refractivity (Wildman–Crippen MR) is 76.4 cm³/mol. The molecule has 1 unspecified atom stereocenters. The molecule has 1 aliphatic heterocycles. The van der Waals surface area contributed by atoms with E-state index in [0.29, 0.717) is 5.75 Å². The summed E-state index contributed by atoms with van der Waals surface area (Å²) in [5.41, 5.74) is 6.93. The summed E-state index contributed by atoms with van der Waals surface area (Å²) in [5.74, 6) is -1.18. The molecule has 0 fully saturated rings. The summed E-state index contributed by atoms with van der Waals surface area (Å²) in [6.45, 7) is 0. The number of amides is 2. The quantitative estimate of drug-likeness (QED) is 0.612. The van der Waals surface area contributed by atoms with Crippen LogP contribution in [0.2, 0.25) is 0 Å². The maximum absolute atomic E-state index is 11.5. The number of hydrogen-bond donors (Lipinski definition) is 2. The monoisotopic (exact) mass is 286 g/mol. The Morgan fingerprint density at radius 3 is 2.40 bits per heavy atom. The lowest BCUT2D eigenvalue weighted by molar-refractivity contribution is -0.136. The van der Waals surface area contributed by atoms with Crippen LogP contribution in [0, 0.1) is 0 Å². The molecule has 0 aliphatic carbocycles. The van der Waals surface area contributed by atoms with Crippen molar-refractivity contribution < 1.29 is 14.1 Å². The Labute approximate surface area is 116 Å². The lowest BCUT2D eigenvalue weighted by Gasteiger charge is -2.27. The topological polar surface area (TPSA) is 81.4 Å². The van der Waals surface area contributed by atoms with Gasteiger partial charge < -0.3 is 10.3 Å². The fourth-order valence-electron chi connectivity index (χ4n) is 2.03. The molecule has 100 valence electrons. The van der Waals surface area contributed by atoms with E-state index >= 15 is 0 Å². The van der Waals surface area contributed by atoms with Crippen molar-refractivity contribution in [1.29, 1.82) is 0 Å². The van der Waals surface area contributed by atoms with Gasteiger partial charge in [-0.05, 0) is 17.7 Å². The number of nitrogens with one attached hydrogen (secondary N) is 1. The van der Waals surface area contributed by atoms with Crippen LogP contribution in [-0.4, -0.2) is 11.8 Å². The molecule has 6 heteroatoms. The molecular formula is C14H11N2O3P. The van der Waals surface area contributed by atoms with Gasteiger partial charge >= 0.3 is 11.8 Å². The summed E-state index contributed by atoms with van der Waals surface area (Å²) in [6.07, 6.45) is 0. The van der Waals surface area contributed by atoms with E-state index in [-0.39, 0.29) is 0 Å². The van der Waals surface area contributed by atoms with Crippen LogP contribution in [-0.2, 0) is 9.59 Å². The Balaban J connectivity index is 2.04. The van der Waals surface area contributed by atoms with Gasteiger partial charge in [0.25, 0.3) is 0 Å². The van der Waals surface area contributed by atoms with E-state index in [2.05, 4.69) is 5.09 Å². The Morgan fingerprint density at radius 1 is 1.00 bits per heavy atom. The van der Waals surface area contributed by atoms with Crippen LogP contribution >= 0.6 is 8.30 Å². The number of primary amides is 1. The highest BCUT2D eigenvalue weighted by molar-refractivity contribution is 7.60. The minimum atomic E-state index is -1.45. The van der Waals surface area contributed by atoms with Gasteiger partial charge in [0.05, 0.1) is 0 Å². The maximum Gasteiger partial charge on any atom is 0.314 e. The largest absolute Gasteiger partial charge is 0.448 e. The first-order valence-electron chi connectivity index (χ1n) is 5.94. The minimum absolute atomic E-state index is 0.682. The molecule has 0 spiro atoms. The van der Waals surface area contributed by atoms with Crippen LogP contribution in [0.5, 0.6) is 5.75 Å². The van der Waals surface area contributed by atoms with E-state index in [1.165, 1.54) is 0 Å². The molecule has 0 bridgehead atoms. The van der Waals surface area contributed by atoms with Gasteiger partial charge in [0.15, 0.2) is 0 Å². The second-order valence-electron chi connectivity index (χ2n) is 4.20. The highest BCUT2D eigenvalue weighted by Crippen LogP contribution is 2.45. The van der Waals surface area contributed by atoms with Gasteiger partial charge in [0, 0.05) is 10.9 Å². The summed E-state index contributed by atoms with van der Waals surface area (Å²) >= 11 is 0. The van der Waals surface area contributed by atoms with E-state index in [4.69, 9.17) is 10.3 Å². The van der Waals surface area contributed by atoms with E-state index < -0.39 is 20.1 Å². The number of fused-ring (bicyclic) bond motifs is 3. The van der Waals surface area contributed by atoms with Gasteiger partial charge in [-0.2, -0.15) is 0 Å². The molecule has 0 saturated carbocycles. The maximum atomic E-state index is 11.5. The first kappa shape index (κ1) is 12.6. The lowest BCUT2D eigenvalue weighted by Crippen LogP contribution is -2.36. The van der Waals surface area contributed by atoms with E-state index in [9.17, 15) is 9.59 Å². The average Bonchev–Trinajstić information content (AvgIpc) is 2.47. The Morgan fingerprint density at radius 2 is 1.65 bits per heavy atom. The van der Waals surface area contributed by atoms with Crippen molar-refractivity contribution in [3.63, 3.8) is 0 Å². The summed E-state index contributed by atoms with van der Waals surface area (Å²) in [4.78, 5) is 22.4.